The zero-order chi connectivity index (χ0) is 12.3. The van der Waals surface area contributed by atoms with E-state index in [4.69, 9.17) is 4.74 Å². The first-order valence-electron chi connectivity index (χ1n) is 5.59. The zero-order valence-electron chi connectivity index (χ0n) is 10.0. The van der Waals surface area contributed by atoms with Gasteiger partial charge < -0.3 is 4.74 Å². The molecule has 17 heavy (non-hydrogen) atoms. The standard InChI is InChI=1S/C15H15BrO/c1-11-3-7-14(8-4-11)17-10-13-6-5-12(2)15(16)9-13/h3-9H,10H2,1-2H3. The minimum absolute atomic E-state index is 0.599. The Labute approximate surface area is 111 Å². The maximum absolute atomic E-state index is 5.72. The molecule has 0 N–H and O–H groups in total. The lowest BCUT2D eigenvalue weighted by atomic mass is 10.2. The maximum atomic E-state index is 5.72. The molecule has 0 heterocycles. The molecular formula is C15H15BrO. The van der Waals surface area contributed by atoms with Crippen LogP contribution in [-0.4, -0.2) is 0 Å². The van der Waals surface area contributed by atoms with Crippen molar-refractivity contribution in [2.75, 3.05) is 0 Å². The molecule has 2 heteroatoms. The summed E-state index contributed by atoms with van der Waals surface area (Å²) in [4.78, 5) is 0. The van der Waals surface area contributed by atoms with E-state index in [1.54, 1.807) is 0 Å². The van der Waals surface area contributed by atoms with Gasteiger partial charge >= 0.3 is 0 Å². The van der Waals surface area contributed by atoms with Gasteiger partial charge in [0.2, 0.25) is 0 Å². The van der Waals surface area contributed by atoms with Crippen molar-refractivity contribution in [3.63, 3.8) is 0 Å². The maximum Gasteiger partial charge on any atom is 0.119 e. The molecule has 88 valence electrons. The Morgan fingerprint density at radius 3 is 2.35 bits per heavy atom. The van der Waals surface area contributed by atoms with Crippen LogP contribution in [0.5, 0.6) is 5.75 Å². The van der Waals surface area contributed by atoms with Crippen LogP contribution >= 0.6 is 15.9 Å². The summed E-state index contributed by atoms with van der Waals surface area (Å²) in [5, 5.41) is 0. The summed E-state index contributed by atoms with van der Waals surface area (Å²) in [5.74, 6) is 0.910. The van der Waals surface area contributed by atoms with Crippen molar-refractivity contribution in [3.8, 4) is 5.75 Å². The number of hydrogen-bond donors (Lipinski definition) is 0. The van der Waals surface area contributed by atoms with Crippen LogP contribution in [0.3, 0.4) is 0 Å². The van der Waals surface area contributed by atoms with Gasteiger partial charge in [-0.3, -0.25) is 0 Å². The van der Waals surface area contributed by atoms with Crippen LogP contribution in [0.15, 0.2) is 46.9 Å². The summed E-state index contributed by atoms with van der Waals surface area (Å²) >= 11 is 3.53. The van der Waals surface area contributed by atoms with E-state index < -0.39 is 0 Å². The molecular weight excluding hydrogens is 276 g/mol. The van der Waals surface area contributed by atoms with Gasteiger partial charge in [0.1, 0.15) is 12.4 Å². The first-order chi connectivity index (χ1) is 8.15. The molecule has 2 rings (SSSR count). The molecule has 0 fully saturated rings. The van der Waals surface area contributed by atoms with E-state index in [9.17, 15) is 0 Å². The first-order valence-corrected chi connectivity index (χ1v) is 6.39. The number of aryl methyl sites for hydroxylation is 2. The van der Waals surface area contributed by atoms with E-state index in [0.29, 0.717) is 6.61 Å². The average Bonchev–Trinajstić information content (AvgIpc) is 2.33. The summed E-state index contributed by atoms with van der Waals surface area (Å²) in [5.41, 5.74) is 3.66. The molecule has 0 saturated heterocycles. The average molecular weight is 291 g/mol. The minimum Gasteiger partial charge on any atom is -0.489 e. The largest absolute Gasteiger partial charge is 0.489 e. The van der Waals surface area contributed by atoms with Crippen LogP contribution in [0, 0.1) is 13.8 Å². The van der Waals surface area contributed by atoms with Crippen molar-refractivity contribution in [2.45, 2.75) is 20.5 Å². The third-order valence-electron chi connectivity index (χ3n) is 2.66. The van der Waals surface area contributed by atoms with Crippen molar-refractivity contribution in [1.29, 1.82) is 0 Å². The van der Waals surface area contributed by atoms with Crippen molar-refractivity contribution < 1.29 is 4.74 Å². The fourth-order valence-electron chi connectivity index (χ4n) is 1.53. The number of halogens is 1. The second kappa shape index (κ2) is 5.37. The summed E-state index contributed by atoms with van der Waals surface area (Å²) in [6, 6.07) is 14.4. The van der Waals surface area contributed by atoms with Crippen LogP contribution in [0.1, 0.15) is 16.7 Å². The van der Waals surface area contributed by atoms with Gasteiger partial charge in [-0.15, -0.1) is 0 Å². The highest BCUT2D eigenvalue weighted by Gasteiger charge is 1.99. The third kappa shape index (κ3) is 3.34. The topological polar surface area (TPSA) is 9.23 Å². The molecule has 0 spiro atoms. The Morgan fingerprint density at radius 1 is 1.00 bits per heavy atom. The summed E-state index contributed by atoms with van der Waals surface area (Å²) in [7, 11) is 0. The number of benzene rings is 2. The summed E-state index contributed by atoms with van der Waals surface area (Å²) in [6.45, 7) is 4.75. The van der Waals surface area contributed by atoms with E-state index in [1.165, 1.54) is 16.7 Å². The second-order valence-electron chi connectivity index (χ2n) is 4.19. The SMILES string of the molecule is Cc1ccc(OCc2ccc(C)c(Br)c2)cc1. The van der Waals surface area contributed by atoms with Crippen molar-refractivity contribution >= 4 is 15.9 Å². The van der Waals surface area contributed by atoms with Gasteiger partial charge in [0, 0.05) is 4.47 Å². The molecule has 2 aromatic carbocycles. The highest BCUT2D eigenvalue weighted by atomic mass is 79.9. The van der Waals surface area contributed by atoms with Crippen LogP contribution in [0.4, 0.5) is 0 Å². The van der Waals surface area contributed by atoms with Gasteiger partial charge in [0.05, 0.1) is 0 Å². The minimum atomic E-state index is 0.599. The molecule has 1 nitrogen and oxygen atoms in total. The van der Waals surface area contributed by atoms with Crippen LogP contribution in [-0.2, 0) is 6.61 Å². The van der Waals surface area contributed by atoms with Crippen LogP contribution in [0.2, 0.25) is 0 Å². The summed E-state index contributed by atoms with van der Waals surface area (Å²) < 4.78 is 6.85. The quantitative estimate of drug-likeness (QED) is 0.800. The third-order valence-corrected chi connectivity index (χ3v) is 3.52. The normalized spacial score (nSPS) is 10.3. The predicted octanol–water partition coefficient (Wildman–Crippen LogP) is 4.64. The van der Waals surface area contributed by atoms with Gasteiger partial charge in [0.15, 0.2) is 0 Å². The highest BCUT2D eigenvalue weighted by molar-refractivity contribution is 9.10. The van der Waals surface area contributed by atoms with Gasteiger partial charge in [-0.25, -0.2) is 0 Å². The molecule has 0 aliphatic rings. The lowest BCUT2D eigenvalue weighted by Crippen LogP contribution is -1.95. The Kier molecular flexibility index (Phi) is 3.85. The fraction of sp³-hybridized carbons (Fsp3) is 0.200. The molecule has 2 aromatic rings. The zero-order valence-corrected chi connectivity index (χ0v) is 11.6. The number of rotatable bonds is 3. The van der Waals surface area contributed by atoms with E-state index in [2.05, 4.69) is 60.1 Å². The molecule has 0 saturated carbocycles. The smallest absolute Gasteiger partial charge is 0.119 e. The van der Waals surface area contributed by atoms with Crippen LogP contribution < -0.4 is 4.74 Å². The second-order valence-corrected chi connectivity index (χ2v) is 5.04. The molecule has 0 aliphatic heterocycles. The molecule has 0 atom stereocenters. The Bertz CT molecular complexity index is 503. The molecule has 0 radical (unpaired) electrons. The summed E-state index contributed by atoms with van der Waals surface area (Å²) in [6.07, 6.45) is 0. The van der Waals surface area contributed by atoms with E-state index in [1.807, 2.05) is 12.1 Å². The Hall–Kier alpha value is -1.28. The molecule has 0 aromatic heterocycles. The Balaban J connectivity index is 2.02. The van der Waals surface area contributed by atoms with Gasteiger partial charge in [-0.05, 0) is 43.2 Å². The van der Waals surface area contributed by atoms with E-state index >= 15 is 0 Å². The fourth-order valence-corrected chi connectivity index (χ4v) is 1.95. The lowest BCUT2D eigenvalue weighted by Gasteiger charge is -2.07. The predicted molar refractivity (Wildman–Crippen MR) is 74.4 cm³/mol. The van der Waals surface area contributed by atoms with E-state index in [-0.39, 0.29) is 0 Å². The highest BCUT2D eigenvalue weighted by Crippen LogP contribution is 2.19. The first kappa shape index (κ1) is 12.2. The van der Waals surface area contributed by atoms with E-state index in [0.717, 1.165) is 10.2 Å². The number of ether oxygens (including phenoxy) is 1. The molecule has 0 bridgehead atoms. The monoisotopic (exact) mass is 290 g/mol. The molecule has 0 amide bonds. The van der Waals surface area contributed by atoms with Gasteiger partial charge in [0.25, 0.3) is 0 Å². The molecule has 0 aliphatic carbocycles. The van der Waals surface area contributed by atoms with Crippen molar-refractivity contribution in [2.24, 2.45) is 0 Å². The van der Waals surface area contributed by atoms with Gasteiger partial charge in [-0.2, -0.15) is 0 Å². The Morgan fingerprint density at radius 2 is 1.71 bits per heavy atom. The number of hydrogen-bond acceptors (Lipinski definition) is 1. The molecule has 0 unspecified atom stereocenters. The van der Waals surface area contributed by atoms with Crippen LogP contribution in [0.25, 0.3) is 0 Å². The lowest BCUT2D eigenvalue weighted by molar-refractivity contribution is 0.306. The van der Waals surface area contributed by atoms with Gasteiger partial charge in [-0.1, -0.05) is 45.8 Å². The van der Waals surface area contributed by atoms with Crippen molar-refractivity contribution in [3.05, 3.63) is 63.6 Å². The van der Waals surface area contributed by atoms with Crippen molar-refractivity contribution in [1.82, 2.24) is 0 Å².